The van der Waals surface area contributed by atoms with Crippen LogP contribution in [0.2, 0.25) is 0 Å². The molecular formula is C13H13NO5S. The average Bonchev–Trinajstić information content (AvgIpc) is 2.69. The van der Waals surface area contributed by atoms with Gasteiger partial charge in [0.25, 0.3) is 5.24 Å². The lowest BCUT2D eigenvalue weighted by Crippen LogP contribution is -2.36. The highest BCUT2D eigenvalue weighted by molar-refractivity contribution is 8.15. The molecule has 1 atom stereocenters. The van der Waals surface area contributed by atoms with Gasteiger partial charge in [-0.25, -0.2) is 0 Å². The van der Waals surface area contributed by atoms with Crippen molar-refractivity contribution in [2.75, 3.05) is 13.7 Å². The minimum Gasteiger partial charge on any atom is -0.508 e. The van der Waals surface area contributed by atoms with Gasteiger partial charge in [0.05, 0.1) is 12.4 Å². The highest BCUT2D eigenvalue weighted by Gasteiger charge is 2.40. The smallest absolute Gasteiger partial charge is 0.325 e. The number of rotatable bonds is 4. The summed E-state index contributed by atoms with van der Waals surface area (Å²) in [5, 5.41) is 8.21. The van der Waals surface area contributed by atoms with Crippen molar-refractivity contribution in [3.63, 3.8) is 0 Å². The second-order valence-electron chi connectivity index (χ2n) is 4.24. The van der Waals surface area contributed by atoms with Crippen LogP contribution in [0.25, 0.3) is 0 Å². The molecule has 0 spiro atoms. The Morgan fingerprint density at radius 3 is 2.60 bits per heavy atom. The number of hydrogen-bond acceptors (Lipinski definition) is 6. The number of imide groups is 1. The fraction of sp³-hybridized carbons (Fsp3) is 0.308. The van der Waals surface area contributed by atoms with Gasteiger partial charge in [0.1, 0.15) is 12.3 Å². The summed E-state index contributed by atoms with van der Waals surface area (Å²) in [6.07, 6.45) is 0.368. The Labute approximate surface area is 119 Å². The molecule has 2 rings (SSSR count). The van der Waals surface area contributed by atoms with Crippen LogP contribution in [0.5, 0.6) is 5.75 Å². The molecule has 1 unspecified atom stereocenters. The molecule has 1 fully saturated rings. The molecule has 1 N–H and O–H groups in total. The first kappa shape index (κ1) is 14.4. The third-order valence-corrected chi connectivity index (χ3v) is 3.95. The molecule has 0 saturated carbocycles. The van der Waals surface area contributed by atoms with Gasteiger partial charge in [0.2, 0.25) is 5.91 Å². The number of phenols is 1. The fourth-order valence-corrected chi connectivity index (χ4v) is 2.84. The van der Waals surface area contributed by atoms with Crippen LogP contribution in [-0.4, -0.2) is 46.0 Å². The van der Waals surface area contributed by atoms with E-state index in [2.05, 4.69) is 4.74 Å². The van der Waals surface area contributed by atoms with E-state index in [1.165, 1.54) is 19.2 Å². The largest absolute Gasteiger partial charge is 0.508 e. The normalized spacial score (nSPS) is 18.4. The van der Waals surface area contributed by atoms with Crippen molar-refractivity contribution in [2.45, 2.75) is 11.7 Å². The van der Waals surface area contributed by atoms with E-state index in [4.69, 9.17) is 0 Å². The first-order valence-electron chi connectivity index (χ1n) is 5.88. The van der Waals surface area contributed by atoms with Crippen LogP contribution in [0.4, 0.5) is 4.79 Å². The topological polar surface area (TPSA) is 83.9 Å². The number of ether oxygens (including phenoxy) is 1. The summed E-state index contributed by atoms with van der Waals surface area (Å²) in [7, 11) is 1.20. The molecule has 1 aromatic rings. The SMILES string of the molecule is COC(=O)CN1C(=O)SC(Cc2ccc(O)cc2)C1=O. The van der Waals surface area contributed by atoms with Crippen molar-refractivity contribution < 1.29 is 24.2 Å². The third kappa shape index (κ3) is 3.11. The summed E-state index contributed by atoms with van der Waals surface area (Å²) in [5.74, 6) is -0.876. The van der Waals surface area contributed by atoms with Crippen LogP contribution in [0.1, 0.15) is 5.56 Å². The lowest BCUT2D eigenvalue weighted by atomic mass is 10.1. The number of phenolic OH excluding ortho intramolecular Hbond substituents is 1. The Morgan fingerprint density at radius 1 is 1.35 bits per heavy atom. The van der Waals surface area contributed by atoms with Crippen LogP contribution in [0.3, 0.4) is 0 Å². The van der Waals surface area contributed by atoms with Gasteiger partial charge in [0.15, 0.2) is 0 Å². The van der Waals surface area contributed by atoms with E-state index in [9.17, 15) is 19.5 Å². The van der Waals surface area contributed by atoms with Gasteiger partial charge in [-0.05, 0) is 24.1 Å². The molecule has 1 aromatic carbocycles. The van der Waals surface area contributed by atoms with Crippen LogP contribution >= 0.6 is 11.8 Å². The molecule has 1 heterocycles. The highest BCUT2D eigenvalue weighted by Crippen LogP contribution is 2.29. The number of nitrogens with zero attached hydrogens (tertiary/aromatic N) is 1. The summed E-state index contributed by atoms with van der Waals surface area (Å²) in [6, 6.07) is 6.42. The van der Waals surface area contributed by atoms with Crippen molar-refractivity contribution in [1.29, 1.82) is 0 Å². The summed E-state index contributed by atoms with van der Waals surface area (Å²) in [6.45, 7) is -0.354. The van der Waals surface area contributed by atoms with Crippen molar-refractivity contribution >= 4 is 28.9 Å². The number of esters is 1. The quantitative estimate of drug-likeness (QED) is 0.840. The molecule has 106 valence electrons. The molecule has 7 heteroatoms. The number of carbonyl (C=O) groups is 3. The van der Waals surface area contributed by atoms with Crippen molar-refractivity contribution in [3.05, 3.63) is 29.8 Å². The van der Waals surface area contributed by atoms with Crippen molar-refractivity contribution in [2.24, 2.45) is 0 Å². The zero-order valence-electron chi connectivity index (χ0n) is 10.7. The standard InChI is InChI=1S/C13H13NO5S/c1-19-11(16)7-14-12(17)10(20-13(14)18)6-8-2-4-9(15)5-3-8/h2-5,10,15H,6-7H2,1H3. The Balaban J connectivity index is 2.04. The summed E-state index contributed by atoms with van der Waals surface area (Å²) >= 11 is 0.900. The van der Waals surface area contributed by atoms with Gasteiger partial charge >= 0.3 is 5.97 Å². The van der Waals surface area contributed by atoms with E-state index >= 15 is 0 Å². The van der Waals surface area contributed by atoms with E-state index in [1.54, 1.807) is 12.1 Å². The van der Waals surface area contributed by atoms with Gasteiger partial charge in [-0.1, -0.05) is 23.9 Å². The first-order valence-corrected chi connectivity index (χ1v) is 6.76. The number of thioether (sulfide) groups is 1. The predicted octanol–water partition coefficient (Wildman–Crippen LogP) is 1.17. The molecule has 0 bridgehead atoms. The lowest BCUT2D eigenvalue weighted by molar-refractivity contribution is -0.144. The summed E-state index contributed by atoms with van der Waals surface area (Å²) in [5.41, 5.74) is 0.835. The molecule has 0 aliphatic carbocycles. The molecule has 1 saturated heterocycles. The Morgan fingerprint density at radius 2 is 2.00 bits per heavy atom. The molecule has 2 amide bonds. The number of hydrogen-bond donors (Lipinski definition) is 1. The van der Waals surface area contributed by atoms with E-state index in [0.717, 1.165) is 22.2 Å². The number of methoxy groups -OCH3 is 1. The number of amides is 2. The van der Waals surface area contributed by atoms with Gasteiger partial charge in [-0.2, -0.15) is 0 Å². The van der Waals surface area contributed by atoms with E-state index in [-0.39, 0.29) is 12.3 Å². The fourth-order valence-electron chi connectivity index (χ4n) is 1.81. The minimum atomic E-state index is -0.627. The van der Waals surface area contributed by atoms with Gasteiger partial charge in [-0.15, -0.1) is 0 Å². The van der Waals surface area contributed by atoms with E-state index in [0.29, 0.717) is 6.42 Å². The van der Waals surface area contributed by atoms with Crippen molar-refractivity contribution in [3.8, 4) is 5.75 Å². The van der Waals surface area contributed by atoms with Crippen molar-refractivity contribution in [1.82, 2.24) is 4.90 Å². The maximum Gasteiger partial charge on any atom is 0.325 e. The van der Waals surface area contributed by atoms with Gasteiger partial charge in [-0.3, -0.25) is 19.3 Å². The number of carbonyl (C=O) groups excluding carboxylic acids is 3. The average molecular weight is 295 g/mol. The van der Waals surface area contributed by atoms with Crippen LogP contribution in [0.15, 0.2) is 24.3 Å². The molecule has 1 aliphatic heterocycles. The van der Waals surface area contributed by atoms with E-state index < -0.39 is 22.4 Å². The lowest BCUT2D eigenvalue weighted by Gasteiger charge is -2.12. The molecule has 20 heavy (non-hydrogen) atoms. The summed E-state index contributed by atoms with van der Waals surface area (Å²) in [4.78, 5) is 35.8. The second kappa shape index (κ2) is 5.96. The van der Waals surface area contributed by atoms with Gasteiger partial charge in [0, 0.05) is 0 Å². The monoisotopic (exact) mass is 295 g/mol. The van der Waals surface area contributed by atoms with Crippen LogP contribution in [0, 0.1) is 0 Å². The number of aromatic hydroxyl groups is 1. The third-order valence-electron chi connectivity index (χ3n) is 2.88. The summed E-state index contributed by atoms with van der Waals surface area (Å²) < 4.78 is 4.45. The highest BCUT2D eigenvalue weighted by atomic mass is 32.2. The van der Waals surface area contributed by atoms with Crippen LogP contribution in [-0.2, 0) is 20.7 Å². The minimum absolute atomic E-state index is 0.141. The zero-order chi connectivity index (χ0) is 14.7. The second-order valence-corrected chi connectivity index (χ2v) is 5.40. The number of benzene rings is 1. The zero-order valence-corrected chi connectivity index (χ0v) is 11.6. The molecule has 0 aromatic heterocycles. The Hall–Kier alpha value is -2.02. The first-order chi connectivity index (χ1) is 9.51. The molecule has 6 nitrogen and oxygen atoms in total. The Kier molecular flexibility index (Phi) is 4.29. The maximum atomic E-state index is 12.1. The van der Waals surface area contributed by atoms with Crippen LogP contribution < -0.4 is 0 Å². The molecule has 0 radical (unpaired) electrons. The predicted molar refractivity (Wildman–Crippen MR) is 72.3 cm³/mol. The molecular weight excluding hydrogens is 282 g/mol. The van der Waals surface area contributed by atoms with E-state index in [1.807, 2.05) is 0 Å². The Bertz CT molecular complexity index is 542. The molecule has 1 aliphatic rings. The maximum absolute atomic E-state index is 12.1. The van der Waals surface area contributed by atoms with Gasteiger partial charge < -0.3 is 9.84 Å².